The highest BCUT2D eigenvalue weighted by atomic mass is 16.6. The third-order valence-corrected chi connectivity index (χ3v) is 11.8. The second-order valence-electron chi connectivity index (χ2n) is 18.6. The van der Waals surface area contributed by atoms with Gasteiger partial charge in [0.15, 0.2) is 0 Å². The van der Waals surface area contributed by atoms with Crippen molar-refractivity contribution in [1.82, 2.24) is 25.3 Å². The average Bonchev–Trinajstić information content (AvgIpc) is 4.22. The van der Waals surface area contributed by atoms with Crippen molar-refractivity contribution in [2.75, 3.05) is 60.5 Å². The minimum absolute atomic E-state index is 0.143. The van der Waals surface area contributed by atoms with Crippen LogP contribution in [0.1, 0.15) is 92.5 Å². The summed E-state index contributed by atoms with van der Waals surface area (Å²) in [6.45, 7) is 13.7. The molecule has 6 atom stereocenters. The number of nitrogens with zero attached hydrogens (tertiary/aromatic N) is 3. The van der Waals surface area contributed by atoms with Crippen LogP contribution in [0, 0.1) is 18.3 Å². The summed E-state index contributed by atoms with van der Waals surface area (Å²) < 4.78 is 9.89. The van der Waals surface area contributed by atoms with Crippen molar-refractivity contribution in [3.05, 3.63) is 143 Å². The Morgan fingerprint density at radius 2 is 1.25 bits per heavy atom. The van der Waals surface area contributed by atoms with Gasteiger partial charge in [-0.3, -0.25) is 14.5 Å². The number of rotatable bonds is 12. The van der Waals surface area contributed by atoms with Crippen molar-refractivity contribution in [3.8, 4) is 12.3 Å². The summed E-state index contributed by atoms with van der Waals surface area (Å²) in [4.78, 5) is 41.4. The molecule has 64 heavy (non-hydrogen) atoms. The summed E-state index contributed by atoms with van der Waals surface area (Å²) >= 11 is 0. The van der Waals surface area contributed by atoms with Crippen LogP contribution in [0.2, 0.25) is 0 Å². The number of terminal acetylenes is 1. The van der Waals surface area contributed by atoms with E-state index in [-0.39, 0.29) is 24.3 Å². The third kappa shape index (κ3) is 17.6. The van der Waals surface area contributed by atoms with E-state index in [0.717, 1.165) is 68.5 Å². The van der Waals surface area contributed by atoms with Gasteiger partial charge in [-0.25, -0.2) is 4.79 Å². The molecule has 4 aromatic carbocycles. The van der Waals surface area contributed by atoms with Crippen LogP contribution in [0.15, 0.2) is 115 Å². The van der Waals surface area contributed by atoms with Crippen LogP contribution in [0.4, 0.5) is 4.79 Å². The molecule has 8 rings (SSSR count). The molecule has 1 heterocycles. The summed E-state index contributed by atoms with van der Waals surface area (Å²) in [7, 11) is 5.49. The highest BCUT2D eigenvalue weighted by Crippen LogP contribution is 2.46. The minimum atomic E-state index is -0.461. The smallest absolute Gasteiger partial charge is 0.407 e. The number of carbonyl (C=O) groups is 3. The van der Waals surface area contributed by atoms with Gasteiger partial charge in [-0.1, -0.05) is 128 Å². The number of benzene rings is 4. The molecule has 4 fully saturated rings. The highest BCUT2D eigenvalue weighted by Gasteiger charge is 2.40. The summed E-state index contributed by atoms with van der Waals surface area (Å²) in [5.41, 5.74) is 5.84. The molecule has 1 saturated heterocycles. The maximum Gasteiger partial charge on any atom is 0.407 e. The van der Waals surface area contributed by atoms with Crippen molar-refractivity contribution in [1.29, 1.82) is 0 Å². The van der Waals surface area contributed by atoms with E-state index >= 15 is 0 Å². The molecule has 10 heteroatoms. The topological polar surface area (TPSA) is 103 Å². The molecule has 1 aliphatic heterocycles. The fraction of sp³-hybridized carbons (Fsp3) is 0.463. The van der Waals surface area contributed by atoms with Crippen molar-refractivity contribution in [2.45, 2.75) is 95.4 Å². The lowest BCUT2D eigenvalue weighted by Gasteiger charge is -2.32. The quantitative estimate of drug-likeness (QED) is 0.109. The summed E-state index contributed by atoms with van der Waals surface area (Å²) in [6, 6.07) is 40.2. The zero-order chi connectivity index (χ0) is 46.1. The molecule has 4 aromatic rings. The number of alkyl carbamates (subject to hydrolysis) is 1. The van der Waals surface area contributed by atoms with E-state index in [1.165, 1.54) is 30.2 Å². The number of likely N-dealkylation sites (N-methyl/N-ethyl adjacent to an activating group) is 1. The van der Waals surface area contributed by atoms with E-state index in [4.69, 9.17) is 11.2 Å². The van der Waals surface area contributed by atoms with Gasteiger partial charge in [-0.15, -0.1) is 6.42 Å². The van der Waals surface area contributed by atoms with E-state index in [9.17, 15) is 14.4 Å². The summed E-state index contributed by atoms with van der Waals surface area (Å²) in [6.07, 6.45) is 8.53. The molecule has 4 aliphatic rings. The van der Waals surface area contributed by atoms with Crippen LogP contribution in [0.25, 0.3) is 0 Å². The van der Waals surface area contributed by atoms with Gasteiger partial charge < -0.3 is 29.9 Å². The first-order valence-corrected chi connectivity index (χ1v) is 22.8. The van der Waals surface area contributed by atoms with Gasteiger partial charge in [0.1, 0.15) is 5.60 Å². The Hall–Kier alpha value is -5.47. The zero-order valence-electron chi connectivity index (χ0n) is 39.2. The molecule has 0 aromatic heterocycles. The van der Waals surface area contributed by atoms with E-state index in [0.29, 0.717) is 31.0 Å². The number of methoxy groups -OCH3 is 1. The fourth-order valence-corrected chi connectivity index (χ4v) is 7.83. The molecule has 0 radical (unpaired) electrons. The van der Waals surface area contributed by atoms with E-state index in [1.807, 2.05) is 81.2 Å². The first-order chi connectivity index (χ1) is 30.7. The minimum Gasteiger partial charge on any atom is -0.460 e. The molecule has 0 unspecified atom stereocenters. The Kier molecular flexibility index (Phi) is 19.0. The van der Waals surface area contributed by atoms with E-state index in [1.54, 1.807) is 0 Å². The van der Waals surface area contributed by atoms with E-state index < -0.39 is 11.7 Å². The van der Waals surface area contributed by atoms with Gasteiger partial charge in [0.25, 0.3) is 0 Å². The molecule has 10 nitrogen and oxygen atoms in total. The van der Waals surface area contributed by atoms with Crippen LogP contribution < -0.4 is 10.6 Å². The normalized spacial score (nSPS) is 21.8. The van der Waals surface area contributed by atoms with Crippen LogP contribution in [-0.4, -0.2) is 111 Å². The highest BCUT2D eigenvalue weighted by molar-refractivity contribution is 5.78. The number of piperazine rings is 1. The number of nitrogens with one attached hydrogen (secondary N) is 2. The SMILES string of the molecule is C#CCN(C)Cc1ccccc1.CN1CCN(C(=O)CN[C@H]2C[C@@H]2c2ccccc2)CC1.COC(=O)N[C@@H]1C[C@H]1c1ccc(CC(=O)OC(C)(C)C)cc1.C[C@@H]1C[C@H]1c1ccccc1. The predicted molar refractivity (Wildman–Crippen MR) is 257 cm³/mol. The standard InChI is InChI=1S/C17H23NO4.C16H23N3O.C11H13N.C10H12/c1-17(2,3)22-15(19)9-11-5-7-12(8-6-11)13-10-14(13)18-16(20)21-4;1-18-7-9-19(10-8-18)16(20)12-17-15-11-14(15)13-5-3-2-4-6-13;1-3-9-12(2)10-11-7-5-4-6-8-11;1-8-7-10(8)9-5-3-2-4-6-9/h5-8,13-14H,9-10H2,1-4H3,(H,18,20);2-6,14-15,17H,7-12H2,1H3;1,4-8H,9-10H2,2H3;2-6,8,10H,7H2,1H3/t13-,14+;14-,15+;;8-,10-/m01.1/s1. The number of ether oxygens (including phenoxy) is 2. The van der Waals surface area contributed by atoms with Crippen molar-refractivity contribution >= 4 is 18.0 Å². The number of carbonyl (C=O) groups excluding carboxylic acids is 3. The molecule has 0 bridgehead atoms. The number of amides is 2. The van der Waals surface area contributed by atoms with E-state index in [2.05, 4.69) is 112 Å². The molecule has 2 N–H and O–H groups in total. The Balaban J connectivity index is 0.000000168. The summed E-state index contributed by atoms with van der Waals surface area (Å²) in [5.74, 6) is 5.37. The lowest BCUT2D eigenvalue weighted by Crippen LogP contribution is -2.49. The second kappa shape index (κ2) is 24.6. The second-order valence-corrected chi connectivity index (χ2v) is 18.6. The van der Waals surface area contributed by atoms with Gasteiger partial charge in [-0.2, -0.15) is 0 Å². The maximum atomic E-state index is 12.1. The number of hydrogen-bond donors (Lipinski definition) is 2. The molecule has 2 amide bonds. The Morgan fingerprint density at radius 3 is 1.78 bits per heavy atom. The Labute approximate surface area is 383 Å². The van der Waals surface area contributed by atoms with Crippen LogP contribution >= 0.6 is 0 Å². The van der Waals surface area contributed by atoms with Crippen molar-refractivity contribution in [2.24, 2.45) is 5.92 Å². The molecule has 3 saturated carbocycles. The first-order valence-electron chi connectivity index (χ1n) is 22.8. The van der Waals surface area contributed by atoms with Gasteiger partial charge in [0.05, 0.1) is 26.6 Å². The lowest BCUT2D eigenvalue weighted by atomic mass is 10.1. The fourth-order valence-electron chi connectivity index (χ4n) is 7.83. The first kappa shape index (κ1) is 49.5. The predicted octanol–water partition coefficient (Wildman–Crippen LogP) is 8.25. The van der Waals surface area contributed by atoms with Gasteiger partial charge >= 0.3 is 12.1 Å². The zero-order valence-corrected chi connectivity index (χ0v) is 39.2. The molecular weight excluding hydrogens is 799 g/mol. The Morgan fingerprint density at radius 1 is 0.734 bits per heavy atom. The maximum absolute atomic E-state index is 12.1. The van der Waals surface area contributed by atoms with Gasteiger partial charge in [0.2, 0.25) is 5.91 Å². The average molecular weight is 870 g/mol. The number of hydrogen-bond acceptors (Lipinski definition) is 8. The van der Waals surface area contributed by atoms with Crippen molar-refractivity contribution < 1.29 is 23.9 Å². The van der Waals surface area contributed by atoms with Crippen LogP contribution in [0.3, 0.4) is 0 Å². The van der Waals surface area contributed by atoms with Crippen molar-refractivity contribution in [3.63, 3.8) is 0 Å². The molecule has 3 aliphatic carbocycles. The third-order valence-electron chi connectivity index (χ3n) is 11.8. The van der Waals surface area contributed by atoms with Gasteiger partial charge in [0, 0.05) is 56.6 Å². The largest absolute Gasteiger partial charge is 0.460 e. The monoisotopic (exact) mass is 870 g/mol. The molecule has 0 spiro atoms. The molecule has 342 valence electrons. The number of esters is 1. The van der Waals surface area contributed by atoms with Gasteiger partial charge in [-0.05, 0) is 93.8 Å². The Bertz CT molecular complexity index is 2060. The molecular formula is C54H71N5O5. The van der Waals surface area contributed by atoms with Crippen LogP contribution in [0.5, 0.6) is 0 Å². The lowest BCUT2D eigenvalue weighted by molar-refractivity contribution is -0.153. The summed E-state index contributed by atoms with van der Waals surface area (Å²) in [5, 5.41) is 6.20. The van der Waals surface area contributed by atoms with Crippen LogP contribution in [-0.2, 0) is 32.0 Å².